The molecule has 1 aliphatic rings. The van der Waals surface area contributed by atoms with Crippen molar-refractivity contribution in [1.29, 1.82) is 0 Å². The van der Waals surface area contributed by atoms with E-state index in [1.807, 2.05) is 32.6 Å². The summed E-state index contributed by atoms with van der Waals surface area (Å²) in [5.41, 5.74) is 4.66. The predicted octanol–water partition coefficient (Wildman–Crippen LogP) is 6.09. The maximum Gasteiger partial charge on any atom is 0.253 e. The lowest BCUT2D eigenvalue weighted by atomic mass is 9.85. The van der Waals surface area contributed by atoms with Crippen LogP contribution >= 0.6 is 11.6 Å². The molecule has 0 radical (unpaired) electrons. The topological polar surface area (TPSA) is 54.5 Å². The van der Waals surface area contributed by atoms with Crippen LogP contribution in [0.4, 0.5) is 0 Å². The van der Waals surface area contributed by atoms with Crippen LogP contribution in [-0.2, 0) is 9.59 Å². The van der Waals surface area contributed by atoms with Crippen LogP contribution < -0.4 is 0 Å². The van der Waals surface area contributed by atoms with Gasteiger partial charge in [0.15, 0.2) is 5.78 Å². The Bertz CT molecular complexity index is 1040. The number of carbonyl (C=O) groups is 3. The van der Waals surface area contributed by atoms with Gasteiger partial charge in [0.1, 0.15) is 11.7 Å². The number of hydrogen-bond acceptors (Lipinski definition) is 3. The second kappa shape index (κ2) is 10.6. The van der Waals surface area contributed by atoms with E-state index >= 15 is 0 Å². The summed E-state index contributed by atoms with van der Waals surface area (Å²) in [6.07, 6.45) is 1.78. The molecule has 3 rings (SSSR count). The van der Waals surface area contributed by atoms with Gasteiger partial charge < -0.3 is 4.90 Å². The molecule has 0 aliphatic heterocycles. The molecule has 3 unspecified atom stereocenters. The molecule has 1 saturated carbocycles. The van der Waals surface area contributed by atoms with Crippen LogP contribution in [0, 0.1) is 32.6 Å². The van der Waals surface area contributed by atoms with E-state index in [1.54, 1.807) is 24.3 Å². The van der Waals surface area contributed by atoms with Crippen LogP contribution in [-0.4, -0.2) is 35.5 Å². The zero-order valence-corrected chi connectivity index (χ0v) is 21.0. The quantitative estimate of drug-likeness (QED) is 0.441. The molecule has 5 heteroatoms. The lowest BCUT2D eigenvalue weighted by Gasteiger charge is -2.24. The van der Waals surface area contributed by atoms with Crippen molar-refractivity contribution >= 4 is 29.1 Å². The van der Waals surface area contributed by atoms with Gasteiger partial charge in [-0.3, -0.25) is 14.4 Å². The molecule has 1 amide bonds. The Morgan fingerprint density at radius 2 is 1.79 bits per heavy atom. The number of hydrogen-bond donors (Lipinski definition) is 0. The number of ketones is 2. The number of halogens is 1. The van der Waals surface area contributed by atoms with E-state index < -0.39 is 5.92 Å². The zero-order chi connectivity index (χ0) is 24.3. The molecular weight excluding hydrogens is 434 g/mol. The number of nitrogens with zero attached hydrogens (tertiary/aromatic N) is 1. The highest BCUT2D eigenvalue weighted by atomic mass is 35.5. The molecule has 3 atom stereocenters. The Balaban J connectivity index is 1.62. The van der Waals surface area contributed by atoms with E-state index in [2.05, 4.69) is 19.1 Å². The maximum atomic E-state index is 13.3. The van der Waals surface area contributed by atoms with Crippen LogP contribution in [0.1, 0.15) is 71.6 Å². The summed E-state index contributed by atoms with van der Waals surface area (Å²) in [7, 11) is 0. The largest absolute Gasteiger partial charge is 0.339 e. The fourth-order valence-corrected chi connectivity index (χ4v) is 5.38. The van der Waals surface area contributed by atoms with Gasteiger partial charge in [-0.2, -0.15) is 0 Å². The Morgan fingerprint density at radius 1 is 1.12 bits per heavy atom. The van der Waals surface area contributed by atoms with Gasteiger partial charge in [-0.15, -0.1) is 0 Å². The summed E-state index contributed by atoms with van der Waals surface area (Å²) >= 11 is 6.04. The lowest BCUT2D eigenvalue weighted by molar-refractivity contribution is -0.125. The molecule has 0 N–H and O–H groups in total. The Morgan fingerprint density at radius 3 is 2.39 bits per heavy atom. The lowest BCUT2D eigenvalue weighted by Crippen LogP contribution is -2.32. The molecule has 0 spiro atoms. The van der Waals surface area contributed by atoms with Gasteiger partial charge in [0.2, 0.25) is 0 Å². The molecule has 4 nitrogen and oxygen atoms in total. The summed E-state index contributed by atoms with van der Waals surface area (Å²) in [5.74, 6) is -0.574. The molecule has 0 heterocycles. The fourth-order valence-electron chi connectivity index (χ4n) is 5.19. The number of rotatable bonds is 8. The second-order valence-electron chi connectivity index (χ2n) is 9.54. The average molecular weight is 468 g/mol. The number of amides is 1. The van der Waals surface area contributed by atoms with Gasteiger partial charge in [0, 0.05) is 36.0 Å². The first-order chi connectivity index (χ1) is 15.6. The zero-order valence-electron chi connectivity index (χ0n) is 20.3. The van der Waals surface area contributed by atoms with Gasteiger partial charge in [0.25, 0.3) is 5.91 Å². The van der Waals surface area contributed by atoms with E-state index in [0.717, 1.165) is 28.7 Å². The summed E-state index contributed by atoms with van der Waals surface area (Å²) in [4.78, 5) is 40.8. The molecule has 2 aromatic rings. The number of benzene rings is 2. The minimum atomic E-state index is -0.626. The maximum absolute atomic E-state index is 13.3. The third-order valence-electron chi connectivity index (χ3n) is 6.80. The molecule has 0 bridgehead atoms. The van der Waals surface area contributed by atoms with Crippen LogP contribution in [0.5, 0.6) is 0 Å². The highest BCUT2D eigenvalue weighted by Crippen LogP contribution is 2.38. The van der Waals surface area contributed by atoms with Crippen molar-refractivity contribution in [2.45, 2.75) is 59.8 Å². The summed E-state index contributed by atoms with van der Waals surface area (Å²) < 4.78 is 0. The first kappa shape index (κ1) is 25.2. The smallest absolute Gasteiger partial charge is 0.253 e. The number of carbonyl (C=O) groups excluding carboxylic acids is 3. The predicted molar refractivity (Wildman–Crippen MR) is 133 cm³/mol. The Hall–Kier alpha value is -2.46. The second-order valence-corrected chi connectivity index (χ2v) is 9.98. The molecule has 2 aromatic carbocycles. The molecule has 176 valence electrons. The van der Waals surface area contributed by atoms with Gasteiger partial charge in [-0.1, -0.05) is 42.3 Å². The highest BCUT2D eigenvalue weighted by molar-refractivity contribution is 6.31. The Labute approximate surface area is 202 Å². The van der Waals surface area contributed by atoms with E-state index in [9.17, 15) is 14.4 Å². The van der Waals surface area contributed by atoms with Gasteiger partial charge in [-0.25, -0.2) is 0 Å². The normalized spacial score (nSPS) is 19.1. The third-order valence-corrected chi connectivity index (χ3v) is 7.04. The average Bonchev–Trinajstić information content (AvgIpc) is 3.01. The van der Waals surface area contributed by atoms with Crippen LogP contribution in [0.25, 0.3) is 0 Å². The highest BCUT2D eigenvalue weighted by Gasteiger charge is 2.43. The number of aryl methyl sites for hydroxylation is 3. The minimum Gasteiger partial charge on any atom is -0.339 e. The van der Waals surface area contributed by atoms with Crippen molar-refractivity contribution in [3.05, 3.63) is 69.2 Å². The van der Waals surface area contributed by atoms with Crippen molar-refractivity contribution in [2.24, 2.45) is 11.8 Å². The Kier molecular flexibility index (Phi) is 8.12. The summed E-state index contributed by atoms with van der Waals surface area (Å²) in [6.45, 7) is 11.3. The van der Waals surface area contributed by atoms with E-state index in [4.69, 9.17) is 11.6 Å². The van der Waals surface area contributed by atoms with Gasteiger partial charge in [-0.05, 0) is 81.3 Å². The standard InChI is InChI=1S/C28H34ClNO3/c1-6-30(28(33)21-8-7-9-23(29)15-21)11-10-17(2)14-22-16-24(31)26(27(22)32)25-19(4)12-18(3)13-20(25)5/h7-9,12-13,15,17,22,26H,6,10-11,14,16H2,1-5H3. The SMILES string of the molecule is CCN(CCC(C)CC1CC(=O)C(c2c(C)cc(C)cc2C)C1=O)C(=O)c1cccc(Cl)c1. The van der Waals surface area contributed by atoms with Crippen LogP contribution in [0.15, 0.2) is 36.4 Å². The van der Waals surface area contributed by atoms with Crippen molar-refractivity contribution in [3.8, 4) is 0 Å². The first-order valence-electron chi connectivity index (χ1n) is 11.8. The van der Waals surface area contributed by atoms with Crippen LogP contribution in [0.2, 0.25) is 5.02 Å². The van der Waals surface area contributed by atoms with Crippen molar-refractivity contribution in [1.82, 2.24) is 4.90 Å². The molecule has 0 aromatic heterocycles. The monoisotopic (exact) mass is 467 g/mol. The van der Waals surface area contributed by atoms with Crippen LogP contribution in [0.3, 0.4) is 0 Å². The summed E-state index contributed by atoms with van der Waals surface area (Å²) in [5, 5.41) is 0.545. The molecule has 1 fully saturated rings. The number of Topliss-reactive ketones (excluding diaryl/α,β-unsaturated/α-hetero) is 2. The summed E-state index contributed by atoms with van der Waals surface area (Å²) in [6, 6.07) is 11.1. The van der Waals surface area contributed by atoms with Crippen molar-refractivity contribution in [3.63, 3.8) is 0 Å². The van der Waals surface area contributed by atoms with Crippen molar-refractivity contribution < 1.29 is 14.4 Å². The van der Waals surface area contributed by atoms with Gasteiger partial charge in [0.05, 0.1) is 0 Å². The van der Waals surface area contributed by atoms with E-state index in [-0.39, 0.29) is 29.3 Å². The fraction of sp³-hybridized carbons (Fsp3) is 0.464. The van der Waals surface area contributed by atoms with E-state index in [0.29, 0.717) is 36.5 Å². The molecule has 0 saturated heterocycles. The third kappa shape index (κ3) is 5.73. The molecule has 33 heavy (non-hydrogen) atoms. The van der Waals surface area contributed by atoms with Gasteiger partial charge >= 0.3 is 0 Å². The minimum absolute atomic E-state index is 0.0373. The van der Waals surface area contributed by atoms with Crippen molar-refractivity contribution in [2.75, 3.05) is 13.1 Å². The van der Waals surface area contributed by atoms with E-state index in [1.165, 1.54) is 0 Å². The molecule has 1 aliphatic carbocycles. The first-order valence-corrected chi connectivity index (χ1v) is 12.2. The molecular formula is C28H34ClNO3.